The molecule has 1 unspecified atom stereocenters. The molecule has 1 rings (SSSR count). The van der Waals surface area contributed by atoms with Crippen LogP contribution >= 0.6 is 0 Å². The van der Waals surface area contributed by atoms with Gasteiger partial charge in [-0.25, -0.2) is 9.59 Å². The van der Waals surface area contributed by atoms with E-state index in [1.807, 2.05) is 0 Å². The first-order valence-electron chi connectivity index (χ1n) is 4.26. The SMILES string of the molecule is NC(Cc1cc(C(=O)O)oc(=O)c1)C(=O)O. The van der Waals surface area contributed by atoms with Crippen molar-refractivity contribution in [3.05, 3.63) is 33.9 Å². The number of carboxylic acids is 2. The largest absolute Gasteiger partial charge is 0.480 e. The monoisotopic (exact) mass is 227 g/mol. The molecule has 0 saturated heterocycles. The van der Waals surface area contributed by atoms with E-state index in [0.717, 1.165) is 12.1 Å². The summed E-state index contributed by atoms with van der Waals surface area (Å²) in [7, 11) is 0. The molecule has 1 heterocycles. The van der Waals surface area contributed by atoms with Crippen LogP contribution in [0.25, 0.3) is 0 Å². The van der Waals surface area contributed by atoms with E-state index in [1.165, 1.54) is 0 Å². The fourth-order valence-corrected chi connectivity index (χ4v) is 1.09. The average Bonchev–Trinajstić information content (AvgIpc) is 2.16. The Morgan fingerprint density at radius 1 is 1.38 bits per heavy atom. The second kappa shape index (κ2) is 4.58. The molecule has 0 bridgehead atoms. The second-order valence-corrected chi connectivity index (χ2v) is 3.10. The number of carbonyl (C=O) groups is 2. The first kappa shape index (κ1) is 11.9. The molecule has 1 aromatic rings. The van der Waals surface area contributed by atoms with Gasteiger partial charge in [0.25, 0.3) is 0 Å². The minimum absolute atomic E-state index is 0.138. The van der Waals surface area contributed by atoms with Crippen LogP contribution in [-0.4, -0.2) is 28.2 Å². The van der Waals surface area contributed by atoms with Gasteiger partial charge in [-0.1, -0.05) is 0 Å². The standard InChI is InChI=1S/C9H9NO6/c10-5(8(12)13)1-4-2-6(9(14)15)16-7(11)3-4/h2-3,5H,1,10H2,(H,12,13)(H,14,15). The van der Waals surface area contributed by atoms with E-state index in [2.05, 4.69) is 4.42 Å². The maximum atomic E-state index is 10.9. The van der Waals surface area contributed by atoms with Gasteiger partial charge in [0.2, 0.25) is 5.76 Å². The average molecular weight is 227 g/mol. The molecule has 7 nitrogen and oxygen atoms in total. The molecule has 86 valence electrons. The van der Waals surface area contributed by atoms with Crippen molar-refractivity contribution in [2.45, 2.75) is 12.5 Å². The van der Waals surface area contributed by atoms with Crippen LogP contribution in [0.15, 0.2) is 21.3 Å². The van der Waals surface area contributed by atoms with Crippen molar-refractivity contribution in [3.63, 3.8) is 0 Å². The van der Waals surface area contributed by atoms with Crippen LogP contribution in [-0.2, 0) is 11.2 Å². The topological polar surface area (TPSA) is 131 Å². The van der Waals surface area contributed by atoms with Crippen molar-refractivity contribution < 1.29 is 24.2 Å². The fourth-order valence-electron chi connectivity index (χ4n) is 1.09. The van der Waals surface area contributed by atoms with E-state index in [-0.39, 0.29) is 12.0 Å². The molecular formula is C9H9NO6. The molecule has 0 spiro atoms. The molecule has 16 heavy (non-hydrogen) atoms. The number of hydrogen-bond acceptors (Lipinski definition) is 5. The lowest BCUT2D eigenvalue weighted by molar-refractivity contribution is -0.138. The molecule has 0 aromatic carbocycles. The summed E-state index contributed by atoms with van der Waals surface area (Å²) >= 11 is 0. The number of carboxylic acid groups (broad SMARTS) is 2. The summed E-state index contributed by atoms with van der Waals surface area (Å²) in [6.07, 6.45) is -0.138. The Morgan fingerprint density at radius 3 is 2.50 bits per heavy atom. The zero-order chi connectivity index (χ0) is 12.3. The third-order valence-corrected chi connectivity index (χ3v) is 1.81. The van der Waals surface area contributed by atoms with Crippen LogP contribution in [0.3, 0.4) is 0 Å². The van der Waals surface area contributed by atoms with Gasteiger partial charge in [-0.3, -0.25) is 4.79 Å². The summed E-state index contributed by atoms with van der Waals surface area (Å²) in [5.74, 6) is -3.17. The molecule has 7 heteroatoms. The highest BCUT2D eigenvalue weighted by atomic mass is 16.4. The number of aliphatic carboxylic acids is 1. The lowest BCUT2D eigenvalue weighted by atomic mass is 10.1. The smallest absolute Gasteiger partial charge is 0.371 e. The number of hydrogen-bond donors (Lipinski definition) is 3. The first-order valence-corrected chi connectivity index (χ1v) is 4.26. The predicted octanol–water partition coefficient (Wildman–Crippen LogP) is -0.708. The van der Waals surface area contributed by atoms with Crippen molar-refractivity contribution in [2.24, 2.45) is 5.73 Å². The van der Waals surface area contributed by atoms with Crippen molar-refractivity contribution in [1.82, 2.24) is 0 Å². The number of nitrogens with two attached hydrogens (primary N) is 1. The molecule has 0 aliphatic heterocycles. The van der Waals surface area contributed by atoms with Gasteiger partial charge in [0.1, 0.15) is 6.04 Å². The van der Waals surface area contributed by atoms with E-state index in [9.17, 15) is 14.4 Å². The molecule has 0 aliphatic carbocycles. The summed E-state index contributed by atoms with van der Waals surface area (Å²) in [4.78, 5) is 32.0. The Morgan fingerprint density at radius 2 is 2.00 bits per heavy atom. The quantitative estimate of drug-likeness (QED) is 0.619. The lowest BCUT2D eigenvalue weighted by Gasteiger charge is -2.05. The molecule has 0 radical (unpaired) electrons. The van der Waals surface area contributed by atoms with Gasteiger partial charge in [0.05, 0.1) is 0 Å². The Balaban J connectivity index is 3.01. The van der Waals surface area contributed by atoms with Gasteiger partial charge in [0, 0.05) is 6.07 Å². The maximum Gasteiger partial charge on any atom is 0.371 e. The van der Waals surface area contributed by atoms with E-state index in [0.29, 0.717) is 0 Å². The number of rotatable bonds is 4. The van der Waals surface area contributed by atoms with E-state index < -0.39 is 29.4 Å². The zero-order valence-electron chi connectivity index (χ0n) is 8.04. The minimum atomic E-state index is -1.40. The van der Waals surface area contributed by atoms with E-state index in [1.54, 1.807) is 0 Å². The second-order valence-electron chi connectivity index (χ2n) is 3.10. The Hall–Kier alpha value is -2.15. The molecule has 0 amide bonds. The first-order chi connectivity index (χ1) is 7.40. The van der Waals surface area contributed by atoms with Gasteiger partial charge in [-0.05, 0) is 18.1 Å². The summed E-state index contributed by atoms with van der Waals surface area (Å²) < 4.78 is 4.38. The van der Waals surface area contributed by atoms with Crippen LogP contribution in [0.1, 0.15) is 16.1 Å². The Kier molecular flexibility index (Phi) is 3.41. The van der Waals surface area contributed by atoms with Crippen molar-refractivity contribution in [1.29, 1.82) is 0 Å². The molecule has 0 aliphatic rings. The highest BCUT2D eigenvalue weighted by molar-refractivity contribution is 5.84. The third kappa shape index (κ3) is 2.92. The van der Waals surface area contributed by atoms with Crippen molar-refractivity contribution in [2.75, 3.05) is 0 Å². The van der Waals surface area contributed by atoms with Gasteiger partial charge in [-0.2, -0.15) is 0 Å². The van der Waals surface area contributed by atoms with Gasteiger partial charge in [-0.15, -0.1) is 0 Å². The predicted molar refractivity (Wildman–Crippen MR) is 51.3 cm³/mol. The fraction of sp³-hybridized carbons (Fsp3) is 0.222. The van der Waals surface area contributed by atoms with Gasteiger partial charge < -0.3 is 20.4 Å². The Labute approximate surface area is 89.1 Å². The van der Waals surface area contributed by atoms with E-state index in [4.69, 9.17) is 15.9 Å². The maximum absolute atomic E-state index is 10.9. The molecule has 0 saturated carbocycles. The van der Waals surface area contributed by atoms with Gasteiger partial charge >= 0.3 is 17.6 Å². The zero-order valence-corrected chi connectivity index (χ0v) is 8.04. The number of aromatic carboxylic acids is 1. The van der Waals surface area contributed by atoms with Crippen LogP contribution in [0.2, 0.25) is 0 Å². The Bertz CT molecular complexity index is 477. The molecule has 1 aromatic heterocycles. The van der Waals surface area contributed by atoms with Crippen LogP contribution in [0, 0.1) is 0 Å². The van der Waals surface area contributed by atoms with Crippen LogP contribution < -0.4 is 11.4 Å². The van der Waals surface area contributed by atoms with Crippen LogP contribution in [0.5, 0.6) is 0 Å². The third-order valence-electron chi connectivity index (χ3n) is 1.81. The lowest BCUT2D eigenvalue weighted by Crippen LogP contribution is -2.32. The summed E-state index contributed by atoms with van der Waals surface area (Å²) in [5, 5.41) is 17.1. The molecule has 1 atom stereocenters. The van der Waals surface area contributed by atoms with Crippen molar-refractivity contribution in [3.8, 4) is 0 Å². The summed E-state index contributed by atoms with van der Waals surface area (Å²) in [6, 6.07) is 0.894. The highest BCUT2D eigenvalue weighted by Crippen LogP contribution is 2.04. The normalized spacial score (nSPS) is 12.1. The van der Waals surface area contributed by atoms with Gasteiger partial charge in [0.15, 0.2) is 0 Å². The minimum Gasteiger partial charge on any atom is -0.480 e. The molecule has 4 N–H and O–H groups in total. The highest BCUT2D eigenvalue weighted by Gasteiger charge is 2.15. The van der Waals surface area contributed by atoms with Crippen LogP contribution in [0.4, 0.5) is 0 Å². The van der Waals surface area contributed by atoms with E-state index >= 15 is 0 Å². The summed E-state index contributed by atoms with van der Waals surface area (Å²) in [6.45, 7) is 0. The molecule has 0 fully saturated rings. The van der Waals surface area contributed by atoms with Crippen molar-refractivity contribution >= 4 is 11.9 Å². The summed E-state index contributed by atoms with van der Waals surface area (Å²) in [5.41, 5.74) is 4.60. The molecular weight excluding hydrogens is 218 g/mol.